The molecule has 1 aromatic heterocycles. The zero-order chi connectivity index (χ0) is 17.1. The van der Waals surface area contributed by atoms with Gasteiger partial charge in [0.25, 0.3) is 0 Å². The minimum Gasteiger partial charge on any atom is -0.491 e. The van der Waals surface area contributed by atoms with E-state index in [9.17, 15) is 4.79 Å². The van der Waals surface area contributed by atoms with E-state index in [0.29, 0.717) is 19.6 Å². The van der Waals surface area contributed by atoms with E-state index in [1.165, 1.54) is 0 Å². The first kappa shape index (κ1) is 16.1. The van der Waals surface area contributed by atoms with Gasteiger partial charge in [-0.1, -0.05) is 12.0 Å². The average molecular weight is 330 g/mol. The van der Waals surface area contributed by atoms with Crippen molar-refractivity contribution in [3.63, 3.8) is 0 Å². The van der Waals surface area contributed by atoms with E-state index < -0.39 is 5.91 Å². The Morgan fingerprint density at radius 2 is 2.50 bits per heavy atom. The molecular formula is C15H18N6O3. The number of aromatic nitrogens is 2. The van der Waals surface area contributed by atoms with Crippen molar-refractivity contribution in [3.8, 4) is 5.75 Å². The summed E-state index contributed by atoms with van der Waals surface area (Å²) < 4.78 is 13.1. The van der Waals surface area contributed by atoms with Gasteiger partial charge in [0.15, 0.2) is 0 Å². The Kier molecular flexibility index (Phi) is 4.54. The smallest absolute Gasteiger partial charge is 0.243 e. The summed E-state index contributed by atoms with van der Waals surface area (Å²) in [5.41, 5.74) is 15.6. The molecule has 0 fully saturated rings. The molecule has 0 radical (unpaired) electrons. The maximum atomic E-state index is 10.9. The molecular weight excluding hydrogens is 312 g/mol. The fraction of sp³-hybridized carbons (Fsp3) is 0.467. The van der Waals surface area contributed by atoms with Crippen LogP contribution in [-0.2, 0) is 22.5 Å². The SMILES string of the molecule is CC(Cn1ncc2ccc3c(c21)CC(OCC(N)=O)CO3)N=[N+]=[N-]. The van der Waals surface area contributed by atoms with Crippen LogP contribution < -0.4 is 10.5 Å². The van der Waals surface area contributed by atoms with Gasteiger partial charge in [-0.2, -0.15) is 5.10 Å². The topological polar surface area (TPSA) is 128 Å². The lowest BCUT2D eigenvalue weighted by Crippen LogP contribution is -2.32. The second-order valence-corrected chi connectivity index (χ2v) is 5.78. The lowest BCUT2D eigenvalue weighted by atomic mass is 10.0. The van der Waals surface area contributed by atoms with Crippen molar-refractivity contribution in [2.45, 2.75) is 32.0 Å². The number of carbonyl (C=O) groups excluding carboxylic acids is 1. The van der Waals surface area contributed by atoms with Gasteiger partial charge in [-0.3, -0.25) is 9.48 Å². The summed E-state index contributed by atoms with van der Waals surface area (Å²) in [6, 6.07) is 3.63. The Labute approximate surface area is 137 Å². The molecule has 3 rings (SSSR count). The molecule has 1 aliphatic rings. The highest BCUT2D eigenvalue weighted by Crippen LogP contribution is 2.33. The minimum atomic E-state index is -0.507. The van der Waals surface area contributed by atoms with Gasteiger partial charge in [-0.25, -0.2) is 0 Å². The predicted molar refractivity (Wildman–Crippen MR) is 86.5 cm³/mol. The number of nitrogens with zero attached hydrogens (tertiary/aromatic N) is 5. The first-order valence-electron chi connectivity index (χ1n) is 7.62. The van der Waals surface area contributed by atoms with E-state index in [2.05, 4.69) is 15.1 Å². The summed E-state index contributed by atoms with van der Waals surface area (Å²) in [5, 5.41) is 9.06. The number of azide groups is 1. The van der Waals surface area contributed by atoms with Crippen molar-refractivity contribution in [3.05, 3.63) is 34.3 Å². The van der Waals surface area contributed by atoms with Crippen LogP contribution in [0.1, 0.15) is 12.5 Å². The van der Waals surface area contributed by atoms with Crippen LogP contribution in [0.5, 0.6) is 5.75 Å². The van der Waals surface area contributed by atoms with Crippen molar-refractivity contribution < 1.29 is 14.3 Å². The third kappa shape index (κ3) is 3.27. The number of ether oxygens (including phenoxy) is 2. The number of fused-ring (bicyclic) bond motifs is 3. The van der Waals surface area contributed by atoms with E-state index in [1.807, 2.05) is 23.7 Å². The Balaban J connectivity index is 1.92. The summed E-state index contributed by atoms with van der Waals surface area (Å²) in [6.07, 6.45) is 2.13. The molecule has 2 atom stereocenters. The number of benzene rings is 1. The number of rotatable bonds is 6. The van der Waals surface area contributed by atoms with Gasteiger partial charge in [-0.15, -0.1) is 0 Å². The highest BCUT2D eigenvalue weighted by atomic mass is 16.5. The van der Waals surface area contributed by atoms with Gasteiger partial charge in [-0.05, 0) is 17.7 Å². The number of hydrogen-bond acceptors (Lipinski definition) is 5. The fourth-order valence-corrected chi connectivity index (χ4v) is 2.86. The summed E-state index contributed by atoms with van der Waals surface area (Å²) in [7, 11) is 0. The summed E-state index contributed by atoms with van der Waals surface area (Å²) in [6.45, 7) is 2.54. The third-order valence-electron chi connectivity index (χ3n) is 3.87. The first-order chi connectivity index (χ1) is 11.6. The number of carbonyl (C=O) groups is 1. The molecule has 0 bridgehead atoms. The molecule has 1 amide bonds. The van der Waals surface area contributed by atoms with Crippen molar-refractivity contribution in [2.24, 2.45) is 10.8 Å². The summed E-state index contributed by atoms with van der Waals surface area (Å²) in [5.74, 6) is 0.270. The second kappa shape index (κ2) is 6.77. The fourth-order valence-electron chi connectivity index (χ4n) is 2.86. The molecule has 2 heterocycles. The first-order valence-corrected chi connectivity index (χ1v) is 7.62. The molecule has 126 valence electrons. The second-order valence-electron chi connectivity index (χ2n) is 5.78. The van der Waals surface area contributed by atoms with E-state index in [1.54, 1.807) is 6.20 Å². The number of amides is 1. The monoisotopic (exact) mass is 330 g/mol. The van der Waals surface area contributed by atoms with E-state index in [0.717, 1.165) is 22.2 Å². The molecule has 24 heavy (non-hydrogen) atoms. The largest absolute Gasteiger partial charge is 0.491 e. The quantitative estimate of drug-likeness (QED) is 0.489. The van der Waals surface area contributed by atoms with Crippen LogP contribution in [0.25, 0.3) is 21.3 Å². The summed E-state index contributed by atoms with van der Waals surface area (Å²) >= 11 is 0. The van der Waals surface area contributed by atoms with Crippen LogP contribution in [0.4, 0.5) is 0 Å². The number of primary amides is 1. The van der Waals surface area contributed by atoms with Crippen LogP contribution in [-0.4, -0.2) is 41.0 Å². The number of nitrogens with two attached hydrogens (primary N) is 1. The van der Waals surface area contributed by atoms with Gasteiger partial charge < -0.3 is 15.2 Å². The Morgan fingerprint density at radius 3 is 3.25 bits per heavy atom. The van der Waals surface area contributed by atoms with Crippen molar-refractivity contribution >= 4 is 16.8 Å². The Hall–Kier alpha value is -2.77. The molecule has 9 nitrogen and oxygen atoms in total. The summed E-state index contributed by atoms with van der Waals surface area (Å²) in [4.78, 5) is 13.7. The standard InChI is InChI=1S/C15H18N6O3/c1-9(19-20-17)6-21-15-10(5-18-21)2-3-13-12(15)4-11(7-24-13)23-8-14(16)22/h2-3,5,9,11H,4,6-8H2,1H3,(H2,16,22). The van der Waals surface area contributed by atoms with Crippen molar-refractivity contribution in [1.29, 1.82) is 0 Å². The zero-order valence-corrected chi connectivity index (χ0v) is 13.3. The van der Waals surface area contributed by atoms with Crippen LogP contribution in [0.3, 0.4) is 0 Å². The van der Waals surface area contributed by atoms with E-state index >= 15 is 0 Å². The van der Waals surface area contributed by atoms with Crippen LogP contribution in [0.15, 0.2) is 23.4 Å². The minimum absolute atomic E-state index is 0.132. The molecule has 2 N–H and O–H groups in total. The van der Waals surface area contributed by atoms with Gasteiger partial charge in [0.1, 0.15) is 19.0 Å². The molecule has 0 spiro atoms. The van der Waals surface area contributed by atoms with Crippen LogP contribution in [0.2, 0.25) is 0 Å². The highest BCUT2D eigenvalue weighted by molar-refractivity contribution is 5.84. The van der Waals surface area contributed by atoms with E-state index in [-0.39, 0.29) is 18.8 Å². The van der Waals surface area contributed by atoms with Gasteiger partial charge in [0.2, 0.25) is 5.91 Å². The molecule has 1 aromatic carbocycles. The third-order valence-corrected chi connectivity index (χ3v) is 3.87. The van der Waals surface area contributed by atoms with Crippen LogP contribution >= 0.6 is 0 Å². The van der Waals surface area contributed by atoms with Gasteiger partial charge in [0, 0.05) is 28.8 Å². The molecule has 9 heteroatoms. The lowest BCUT2D eigenvalue weighted by molar-refractivity contribution is -0.125. The maximum Gasteiger partial charge on any atom is 0.243 e. The molecule has 1 aliphatic heterocycles. The molecule has 2 aromatic rings. The van der Waals surface area contributed by atoms with Gasteiger partial charge in [0.05, 0.1) is 23.9 Å². The van der Waals surface area contributed by atoms with Crippen molar-refractivity contribution in [2.75, 3.05) is 13.2 Å². The highest BCUT2D eigenvalue weighted by Gasteiger charge is 2.25. The van der Waals surface area contributed by atoms with Crippen LogP contribution in [0, 0.1) is 0 Å². The normalized spacial score (nSPS) is 17.6. The molecule has 2 unspecified atom stereocenters. The van der Waals surface area contributed by atoms with Gasteiger partial charge >= 0.3 is 0 Å². The molecule has 0 aliphatic carbocycles. The zero-order valence-electron chi connectivity index (χ0n) is 13.3. The predicted octanol–water partition coefficient (Wildman–Crippen LogP) is 1.54. The van der Waals surface area contributed by atoms with E-state index in [4.69, 9.17) is 20.7 Å². The average Bonchev–Trinajstić information content (AvgIpc) is 2.96. The Morgan fingerprint density at radius 1 is 1.67 bits per heavy atom. The lowest BCUT2D eigenvalue weighted by Gasteiger charge is -2.26. The Bertz CT molecular complexity index is 811. The molecule has 0 saturated heterocycles. The number of hydrogen-bond donors (Lipinski definition) is 1. The maximum absolute atomic E-state index is 10.9. The molecule has 0 saturated carbocycles. The van der Waals surface area contributed by atoms with Crippen molar-refractivity contribution in [1.82, 2.24) is 9.78 Å².